The summed E-state index contributed by atoms with van der Waals surface area (Å²) < 4.78 is 18.4. The maximum Gasteiger partial charge on any atom is 0.343 e. The Morgan fingerprint density at radius 1 is 0.929 bits per heavy atom. The molecule has 3 aromatic carbocycles. The van der Waals surface area contributed by atoms with E-state index >= 15 is 0 Å². The first-order chi connectivity index (χ1) is 13.2. The summed E-state index contributed by atoms with van der Waals surface area (Å²) in [6.45, 7) is 3.68. The normalized spacial score (nSPS) is 10.6. The summed E-state index contributed by atoms with van der Waals surface area (Å²) in [6, 6.07) is 14.5. The van der Waals surface area contributed by atoms with Crippen LogP contribution in [0.2, 0.25) is 0 Å². The number of aromatic hydroxyl groups is 1. The number of benzene rings is 3. The Kier molecular flexibility index (Phi) is 5.36. The molecule has 28 heavy (non-hydrogen) atoms. The van der Waals surface area contributed by atoms with Gasteiger partial charge in [0.2, 0.25) is 0 Å². The number of carbonyl (C=O) groups excluding carboxylic acids is 1. The van der Waals surface area contributed by atoms with Gasteiger partial charge in [0.05, 0.1) is 5.56 Å². The first kappa shape index (κ1) is 19.4. The van der Waals surface area contributed by atoms with Crippen LogP contribution in [0, 0.1) is 19.7 Å². The van der Waals surface area contributed by atoms with E-state index in [1.165, 1.54) is 24.3 Å². The van der Waals surface area contributed by atoms with Gasteiger partial charge in [-0.05, 0) is 90.7 Å². The fourth-order valence-corrected chi connectivity index (χ4v) is 2.95. The third-order valence-corrected chi connectivity index (χ3v) is 4.52. The minimum absolute atomic E-state index is 0.267. The molecule has 3 rings (SSSR count). The topological polar surface area (TPSA) is 49.8 Å². The third kappa shape index (κ3) is 4.14. The van der Waals surface area contributed by atoms with Crippen molar-refractivity contribution in [3.63, 3.8) is 0 Å². The van der Waals surface area contributed by atoms with Crippen molar-refractivity contribution in [3.8, 4) is 22.6 Å². The number of aryl methyl sites for hydroxylation is 2. The molecular weight excluding hydrogens is 357 g/mol. The van der Waals surface area contributed by atoms with Crippen molar-refractivity contribution in [2.24, 2.45) is 0 Å². The minimum atomic E-state index is -0.524. The lowest BCUT2D eigenvalue weighted by Crippen LogP contribution is -2.13. The van der Waals surface area contributed by atoms with Crippen LogP contribution < -0.4 is 9.64 Å². The molecule has 0 amide bonds. The highest BCUT2D eigenvalue weighted by atomic mass is 19.1. The van der Waals surface area contributed by atoms with Gasteiger partial charge in [0, 0.05) is 19.8 Å². The molecule has 0 bridgehead atoms. The summed E-state index contributed by atoms with van der Waals surface area (Å²) in [6.07, 6.45) is 0. The van der Waals surface area contributed by atoms with Crippen molar-refractivity contribution >= 4 is 11.7 Å². The summed E-state index contributed by atoms with van der Waals surface area (Å²) in [5.74, 6) is -0.374. The fourth-order valence-electron chi connectivity index (χ4n) is 2.95. The molecule has 0 atom stereocenters. The van der Waals surface area contributed by atoms with Crippen LogP contribution in [0.4, 0.5) is 10.1 Å². The van der Waals surface area contributed by atoms with E-state index in [9.17, 15) is 14.3 Å². The molecule has 0 saturated carbocycles. The van der Waals surface area contributed by atoms with Crippen molar-refractivity contribution < 1.29 is 19.0 Å². The molecule has 0 fully saturated rings. The quantitative estimate of drug-likeness (QED) is 0.506. The van der Waals surface area contributed by atoms with E-state index in [0.29, 0.717) is 5.56 Å². The molecule has 0 unspecified atom stereocenters. The number of hydrogen-bond donors (Lipinski definition) is 1. The van der Waals surface area contributed by atoms with Gasteiger partial charge < -0.3 is 14.7 Å². The first-order valence-corrected chi connectivity index (χ1v) is 8.85. The average Bonchev–Trinajstić information content (AvgIpc) is 2.67. The van der Waals surface area contributed by atoms with Gasteiger partial charge in [-0.25, -0.2) is 9.18 Å². The summed E-state index contributed by atoms with van der Waals surface area (Å²) in [4.78, 5) is 14.6. The average molecular weight is 379 g/mol. The van der Waals surface area contributed by atoms with Gasteiger partial charge in [0.1, 0.15) is 17.3 Å². The Morgan fingerprint density at radius 3 is 2.07 bits per heavy atom. The Labute approximate surface area is 163 Å². The number of rotatable bonds is 4. The zero-order chi connectivity index (χ0) is 20.4. The van der Waals surface area contributed by atoms with E-state index in [1.807, 2.05) is 51.0 Å². The summed E-state index contributed by atoms with van der Waals surface area (Å²) in [5.41, 5.74) is 4.48. The van der Waals surface area contributed by atoms with E-state index < -0.39 is 11.8 Å². The Balaban J connectivity index is 2.02. The Hall–Kier alpha value is -3.34. The predicted octanol–water partition coefficient (Wildman–Crippen LogP) is 5.10. The van der Waals surface area contributed by atoms with Crippen LogP contribution in [-0.2, 0) is 0 Å². The molecule has 5 heteroatoms. The van der Waals surface area contributed by atoms with Crippen molar-refractivity contribution in [1.82, 2.24) is 0 Å². The lowest BCUT2D eigenvalue weighted by Gasteiger charge is -2.17. The summed E-state index contributed by atoms with van der Waals surface area (Å²) in [5, 5.41) is 10.0. The largest absolute Gasteiger partial charge is 0.507 e. The molecule has 4 nitrogen and oxygen atoms in total. The van der Waals surface area contributed by atoms with Crippen molar-refractivity contribution in [3.05, 3.63) is 77.1 Å². The highest BCUT2D eigenvalue weighted by Gasteiger charge is 2.14. The number of carbonyl (C=O) groups is 1. The highest BCUT2D eigenvalue weighted by Crippen LogP contribution is 2.32. The predicted molar refractivity (Wildman–Crippen MR) is 109 cm³/mol. The maximum atomic E-state index is 13.1. The fraction of sp³-hybridized carbons (Fsp3) is 0.174. The van der Waals surface area contributed by atoms with Crippen LogP contribution >= 0.6 is 0 Å². The SMILES string of the molecule is Cc1cc(-c2cc(C(=O)Oc3ccc(F)cc3)cc(N(C)C)c2)cc(C)c1O. The van der Waals surface area contributed by atoms with Gasteiger partial charge >= 0.3 is 5.97 Å². The molecule has 0 aliphatic heterocycles. The second-order valence-electron chi connectivity index (χ2n) is 6.97. The number of phenols is 1. The maximum absolute atomic E-state index is 13.1. The monoisotopic (exact) mass is 379 g/mol. The zero-order valence-electron chi connectivity index (χ0n) is 16.3. The highest BCUT2D eigenvalue weighted by molar-refractivity contribution is 5.94. The lowest BCUT2D eigenvalue weighted by atomic mass is 9.97. The Morgan fingerprint density at radius 2 is 1.50 bits per heavy atom. The molecule has 1 N–H and O–H groups in total. The smallest absolute Gasteiger partial charge is 0.343 e. The van der Waals surface area contributed by atoms with Gasteiger partial charge in [-0.15, -0.1) is 0 Å². The molecule has 0 radical (unpaired) electrons. The van der Waals surface area contributed by atoms with Crippen LogP contribution in [0.15, 0.2) is 54.6 Å². The molecule has 0 aliphatic rings. The third-order valence-electron chi connectivity index (χ3n) is 4.52. The molecule has 144 valence electrons. The number of phenolic OH excluding ortho intramolecular Hbond substituents is 1. The molecule has 0 heterocycles. The first-order valence-electron chi connectivity index (χ1n) is 8.85. The van der Waals surface area contributed by atoms with Crippen LogP contribution in [0.1, 0.15) is 21.5 Å². The van der Waals surface area contributed by atoms with Gasteiger partial charge in [0.15, 0.2) is 0 Å². The van der Waals surface area contributed by atoms with Crippen LogP contribution in [0.3, 0.4) is 0 Å². The number of esters is 1. The van der Waals surface area contributed by atoms with E-state index in [0.717, 1.165) is 27.9 Å². The second-order valence-corrected chi connectivity index (χ2v) is 6.97. The Bertz CT molecular complexity index is 1000. The second kappa shape index (κ2) is 7.72. The van der Waals surface area contributed by atoms with E-state index in [-0.39, 0.29) is 11.5 Å². The zero-order valence-corrected chi connectivity index (χ0v) is 16.3. The molecule has 0 saturated heterocycles. The standard InChI is InChI=1S/C23H22FNO3/c1-14-9-16(10-15(2)22(14)26)17-11-18(13-20(12-17)25(3)4)23(27)28-21-7-5-19(24)6-8-21/h5-13,26H,1-4H3. The number of halogens is 1. The molecule has 0 aliphatic carbocycles. The van der Waals surface area contributed by atoms with Crippen molar-refractivity contribution in [2.75, 3.05) is 19.0 Å². The lowest BCUT2D eigenvalue weighted by molar-refractivity contribution is 0.0734. The van der Waals surface area contributed by atoms with E-state index in [2.05, 4.69) is 0 Å². The minimum Gasteiger partial charge on any atom is -0.507 e. The number of hydrogen-bond acceptors (Lipinski definition) is 4. The molecule has 0 aromatic heterocycles. The number of ether oxygens (including phenoxy) is 1. The number of anilines is 1. The van der Waals surface area contributed by atoms with Crippen LogP contribution in [0.25, 0.3) is 11.1 Å². The van der Waals surface area contributed by atoms with Crippen molar-refractivity contribution in [2.45, 2.75) is 13.8 Å². The van der Waals surface area contributed by atoms with Gasteiger partial charge in [-0.2, -0.15) is 0 Å². The van der Waals surface area contributed by atoms with E-state index in [4.69, 9.17) is 4.74 Å². The van der Waals surface area contributed by atoms with Crippen LogP contribution in [0.5, 0.6) is 11.5 Å². The number of nitrogens with zero attached hydrogens (tertiary/aromatic N) is 1. The molecular formula is C23H22FNO3. The van der Waals surface area contributed by atoms with Gasteiger partial charge in [-0.1, -0.05) is 0 Å². The van der Waals surface area contributed by atoms with Gasteiger partial charge in [0.25, 0.3) is 0 Å². The summed E-state index contributed by atoms with van der Waals surface area (Å²) >= 11 is 0. The van der Waals surface area contributed by atoms with Crippen LogP contribution in [-0.4, -0.2) is 25.2 Å². The molecule has 0 spiro atoms. The van der Waals surface area contributed by atoms with Crippen molar-refractivity contribution in [1.29, 1.82) is 0 Å². The van der Waals surface area contributed by atoms with Gasteiger partial charge in [-0.3, -0.25) is 0 Å². The van der Waals surface area contributed by atoms with E-state index in [1.54, 1.807) is 12.1 Å². The molecule has 3 aromatic rings. The summed E-state index contributed by atoms with van der Waals surface area (Å²) in [7, 11) is 3.78.